The molecule has 2 aromatic rings. The van der Waals surface area contributed by atoms with Crippen LogP contribution in [0.25, 0.3) is 11.4 Å². The van der Waals surface area contributed by atoms with Crippen LogP contribution in [-0.4, -0.2) is 22.7 Å². The molecule has 184 valence electrons. The van der Waals surface area contributed by atoms with Crippen molar-refractivity contribution in [3.05, 3.63) is 42.2 Å². The monoisotopic (exact) mass is 456 g/mol. The quantitative estimate of drug-likeness (QED) is 0.210. The van der Waals surface area contributed by atoms with Gasteiger partial charge in [-0.15, -0.1) is 0 Å². The molecule has 0 N–H and O–H groups in total. The van der Waals surface area contributed by atoms with Crippen LogP contribution < -0.4 is 4.74 Å². The zero-order chi connectivity index (χ0) is 23.7. The van der Waals surface area contributed by atoms with E-state index in [0.717, 1.165) is 18.4 Å². The van der Waals surface area contributed by atoms with Gasteiger partial charge in [-0.2, -0.15) is 0 Å². The number of rotatable bonds is 18. The topological polar surface area (TPSA) is 35.0 Å². The lowest BCUT2D eigenvalue weighted by Crippen LogP contribution is -2.09. The molecule has 0 amide bonds. The maximum atomic E-state index is 14.1. The molecule has 0 aliphatic carbocycles. The highest BCUT2D eigenvalue weighted by Gasteiger charge is 2.10. The van der Waals surface area contributed by atoms with Crippen molar-refractivity contribution >= 4 is 0 Å². The molecule has 0 spiro atoms. The summed E-state index contributed by atoms with van der Waals surface area (Å²) in [5, 5.41) is 0. The average Bonchev–Trinajstić information content (AvgIpc) is 2.84. The van der Waals surface area contributed by atoms with Gasteiger partial charge in [0.15, 0.2) is 11.6 Å². The molecule has 1 aromatic heterocycles. The fraction of sp³-hybridized carbons (Fsp3) is 0.655. The van der Waals surface area contributed by atoms with Crippen molar-refractivity contribution in [2.24, 2.45) is 5.92 Å². The third-order valence-corrected chi connectivity index (χ3v) is 6.38. The summed E-state index contributed by atoms with van der Waals surface area (Å²) < 4.78 is 19.8. The van der Waals surface area contributed by atoms with Crippen LogP contribution in [-0.2, 0) is 6.42 Å². The fourth-order valence-corrected chi connectivity index (χ4v) is 4.08. The lowest BCUT2D eigenvalue weighted by molar-refractivity contribution is 0.215. The number of hydrogen-bond donors (Lipinski definition) is 0. The molecular formula is C29H45FN2O. The van der Waals surface area contributed by atoms with Crippen LogP contribution in [0.4, 0.5) is 4.39 Å². The highest BCUT2D eigenvalue weighted by Crippen LogP contribution is 2.20. The molecule has 0 fully saturated rings. The van der Waals surface area contributed by atoms with Gasteiger partial charge in [0.1, 0.15) is 6.17 Å². The molecule has 33 heavy (non-hydrogen) atoms. The van der Waals surface area contributed by atoms with Gasteiger partial charge in [-0.3, -0.25) is 0 Å². The third kappa shape index (κ3) is 11.6. The van der Waals surface area contributed by atoms with Gasteiger partial charge < -0.3 is 4.74 Å². The molecule has 3 nitrogen and oxygen atoms in total. The highest BCUT2D eigenvalue weighted by molar-refractivity contribution is 5.55. The van der Waals surface area contributed by atoms with E-state index in [-0.39, 0.29) is 0 Å². The molecular weight excluding hydrogens is 411 g/mol. The lowest BCUT2D eigenvalue weighted by atomic mass is 9.97. The Morgan fingerprint density at radius 2 is 1.45 bits per heavy atom. The van der Waals surface area contributed by atoms with E-state index in [9.17, 15) is 4.39 Å². The summed E-state index contributed by atoms with van der Waals surface area (Å²) in [6.07, 6.45) is 17.3. The molecule has 1 aromatic carbocycles. The van der Waals surface area contributed by atoms with E-state index in [1.54, 1.807) is 12.4 Å². The molecule has 0 saturated carbocycles. The van der Waals surface area contributed by atoms with Crippen molar-refractivity contribution in [2.75, 3.05) is 6.61 Å². The Morgan fingerprint density at radius 3 is 2.15 bits per heavy atom. The van der Waals surface area contributed by atoms with Crippen LogP contribution in [0.5, 0.6) is 5.75 Å². The zero-order valence-electron chi connectivity index (χ0n) is 21.2. The van der Waals surface area contributed by atoms with E-state index >= 15 is 0 Å². The van der Waals surface area contributed by atoms with Crippen molar-refractivity contribution in [1.29, 1.82) is 0 Å². The summed E-state index contributed by atoms with van der Waals surface area (Å²) in [5.74, 6) is 1.90. The number of unbranched alkanes of at least 4 members (excludes halogenated alkanes) is 6. The number of nitrogens with zero attached hydrogens (tertiary/aromatic N) is 2. The van der Waals surface area contributed by atoms with Crippen molar-refractivity contribution in [2.45, 2.75) is 110 Å². The Hall–Kier alpha value is -1.97. The van der Waals surface area contributed by atoms with Gasteiger partial charge in [-0.1, -0.05) is 96.4 Å². The minimum atomic E-state index is -0.802. The van der Waals surface area contributed by atoms with Gasteiger partial charge in [0.25, 0.3) is 0 Å². The first kappa shape index (κ1) is 27.3. The predicted molar refractivity (Wildman–Crippen MR) is 137 cm³/mol. The van der Waals surface area contributed by atoms with E-state index in [2.05, 4.69) is 55.0 Å². The zero-order valence-corrected chi connectivity index (χ0v) is 21.2. The van der Waals surface area contributed by atoms with Crippen molar-refractivity contribution < 1.29 is 9.13 Å². The largest absolute Gasteiger partial charge is 0.490 e. The number of aromatic nitrogens is 2. The normalized spacial score (nSPS) is 13.1. The first-order chi connectivity index (χ1) is 16.1. The van der Waals surface area contributed by atoms with Crippen LogP contribution in [0.1, 0.15) is 103 Å². The maximum absolute atomic E-state index is 14.1. The maximum Gasteiger partial charge on any atom is 0.159 e. The standard InChI is InChI=1S/C29H45FN2O/c1-4-6-8-9-10-11-13-25-15-17-26(18-16-25)29-31-22-28(23-32-29)33-21-20-27(30)19-14-24(3)12-7-5-2/h15-18,22-24,27H,4-14,19-21H2,1-3H3. The first-order valence-corrected chi connectivity index (χ1v) is 13.3. The van der Waals surface area contributed by atoms with E-state index in [4.69, 9.17) is 4.74 Å². The smallest absolute Gasteiger partial charge is 0.159 e. The minimum Gasteiger partial charge on any atom is -0.490 e. The van der Waals surface area contributed by atoms with Crippen LogP contribution in [0.15, 0.2) is 36.7 Å². The molecule has 0 bridgehead atoms. The van der Waals surface area contributed by atoms with Gasteiger partial charge in [0.05, 0.1) is 19.0 Å². The lowest BCUT2D eigenvalue weighted by Gasteiger charge is -2.13. The second-order valence-electron chi connectivity index (χ2n) is 9.52. The average molecular weight is 457 g/mol. The highest BCUT2D eigenvalue weighted by atomic mass is 19.1. The van der Waals surface area contributed by atoms with E-state index in [1.807, 2.05) is 0 Å². The molecule has 0 aliphatic heterocycles. The van der Waals surface area contributed by atoms with E-state index in [0.29, 0.717) is 36.9 Å². The van der Waals surface area contributed by atoms with Crippen LogP contribution >= 0.6 is 0 Å². The summed E-state index contributed by atoms with van der Waals surface area (Å²) in [6, 6.07) is 8.55. The first-order valence-electron chi connectivity index (χ1n) is 13.3. The number of halogens is 1. The minimum absolute atomic E-state index is 0.361. The number of alkyl halides is 1. The van der Waals surface area contributed by atoms with Crippen LogP contribution in [0, 0.1) is 5.92 Å². The Balaban J connectivity index is 1.67. The molecule has 1 heterocycles. The summed E-state index contributed by atoms with van der Waals surface area (Å²) in [4.78, 5) is 8.88. The Kier molecular flexibility index (Phi) is 13.7. The van der Waals surface area contributed by atoms with Crippen molar-refractivity contribution in [3.8, 4) is 17.1 Å². The summed E-state index contributed by atoms with van der Waals surface area (Å²) in [5.41, 5.74) is 2.38. The van der Waals surface area contributed by atoms with Gasteiger partial charge in [0, 0.05) is 12.0 Å². The number of aryl methyl sites for hydroxylation is 1. The molecule has 0 radical (unpaired) electrons. The van der Waals surface area contributed by atoms with Crippen molar-refractivity contribution in [3.63, 3.8) is 0 Å². The van der Waals surface area contributed by atoms with E-state index < -0.39 is 6.17 Å². The SMILES string of the molecule is CCCCCCCCc1ccc(-c2ncc(OCCC(F)CCC(C)CCCC)cn2)cc1. The Bertz CT molecular complexity index is 732. The number of benzene rings is 1. The third-order valence-electron chi connectivity index (χ3n) is 6.38. The second-order valence-corrected chi connectivity index (χ2v) is 9.52. The Morgan fingerprint density at radius 1 is 0.788 bits per heavy atom. The van der Waals surface area contributed by atoms with Crippen LogP contribution in [0.2, 0.25) is 0 Å². The molecule has 4 heteroatoms. The molecule has 0 aliphatic rings. The summed E-state index contributed by atoms with van der Waals surface area (Å²) in [7, 11) is 0. The summed E-state index contributed by atoms with van der Waals surface area (Å²) >= 11 is 0. The number of ether oxygens (including phenoxy) is 1. The Labute approximate surface area is 201 Å². The number of hydrogen-bond acceptors (Lipinski definition) is 3. The van der Waals surface area contributed by atoms with Gasteiger partial charge in [-0.05, 0) is 37.2 Å². The van der Waals surface area contributed by atoms with Gasteiger partial charge in [0.2, 0.25) is 0 Å². The van der Waals surface area contributed by atoms with E-state index in [1.165, 1.54) is 63.4 Å². The molecule has 0 saturated heterocycles. The van der Waals surface area contributed by atoms with Crippen LogP contribution in [0.3, 0.4) is 0 Å². The predicted octanol–water partition coefficient (Wildman–Crippen LogP) is 8.76. The molecule has 2 unspecified atom stereocenters. The van der Waals surface area contributed by atoms with Crippen molar-refractivity contribution in [1.82, 2.24) is 9.97 Å². The van der Waals surface area contributed by atoms with Gasteiger partial charge in [-0.25, -0.2) is 14.4 Å². The molecule has 2 atom stereocenters. The fourth-order valence-electron chi connectivity index (χ4n) is 4.08. The summed E-state index contributed by atoms with van der Waals surface area (Å²) in [6.45, 7) is 7.04. The second kappa shape index (κ2) is 16.6. The molecule has 2 rings (SSSR count). The van der Waals surface area contributed by atoms with Gasteiger partial charge >= 0.3 is 0 Å².